The van der Waals surface area contributed by atoms with Gasteiger partial charge in [-0.3, -0.25) is 0 Å². The first kappa shape index (κ1) is 13.8. The molecule has 0 spiro atoms. The molecular weight excluding hydrogens is 260 g/mol. The van der Waals surface area contributed by atoms with Crippen LogP contribution >= 0.6 is 11.6 Å². The summed E-state index contributed by atoms with van der Waals surface area (Å²) in [5, 5.41) is 0.744. The van der Waals surface area contributed by atoms with Crippen molar-refractivity contribution in [3.05, 3.63) is 58.6 Å². The Kier molecular flexibility index (Phi) is 4.69. The van der Waals surface area contributed by atoms with Gasteiger partial charge >= 0.3 is 0 Å². The molecule has 100 valence electrons. The molecule has 2 aromatic carbocycles. The van der Waals surface area contributed by atoms with Crippen molar-refractivity contribution in [3.8, 4) is 11.5 Å². The zero-order valence-electron chi connectivity index (χ0n) is 11.2. The van der Waals surface area contributed by atoms with Crippen LogP contribution in [0.15, 0.2) is 42.5 Å². The number of methoxy groups -OCH3 is 1. The predicted octanol–water partition coefficient (Wildman–Crippen LogP) is 4.49. The minimum Gasteiger partial charge on any atom is -0.497 e. The number of aryl methyl sites for hydroxylation is 1. The molecule has 0 atom stereocenters. The summed E-state index contributed by atoms with van der Waals surface area (Å²) in [5.41, 5.74) is 2.24. The summed E-state index contributed by atoms with van der Waals surface area (Å²) >= 11 is 5.98. The lowest BCUT2D eigenvalue weighted by Gasteiger charge is -2.11. The molecule has 19 heavy (non-hydrogen) atoms. The van der Waals surface area contributed by atoms with Crippen molar-refractivity contribution < 1.29 is 9.47 Å². The molecule has 0 aromatic heterocycles. The molecule has 2 aromatic rings. The lowest BCUT2D eigenvalue weighted by atomic mass is 10.1. The quantitative estimate of drug-likeness (QED) is 0.801. The minimum absolute atomic E-state index is 0.540. The van der Waals surface area contributed by atoms with Gasteiger partial charge in [0.2, 0.25) is 0 Å². The highest BCUT2D eigenvalue weighted by molar-refractivity contribution is 6.30. The summed E-state index contributed by atoms with van der Waals surface area (Å²) in [6.07, 6.45) is 0.901. The molecule has 0 saturated carbocycles. The lowest BCUT2D eigenvalue weighted by molar-refractivity contribution is 0.303. The third-order valence-electron chi connectivity index (χ3n) is 2.96. The fourth-order valence-electron chi connectivity index (χ4n) is 1.85. The minimum atomic E-state index is 0.540. The molecule has 0 amide bonds. The largest absolute Gasteiger partial charge is 0.497 e. The summed E-state index contributed by atoms with van der Waals surface area (Å²) < 4.78 is 11.0. The average Bonchev–Trinajstić information content (AvgIpc) is 2.46. The topological polar surface area (TPSA) is 18.5 Å². The van der Waals surface area contributed by atoms with Crippen molar-refractivity contribution in [2.75, 3.05) is 7.11 Å². The van der Waals surface area contributed by atoms with E-state index in [1.807, 2.05) is 42.5 Å². The zero-order chi connectivity index (χ0) is 13.7. The van der Waals surface area contributed by atoms with E-state index in [0.29, 0.717) is 6.61 Å². The second-order valence-electron chi connectivity index (χ2n) is 4.24. The van der Waals surface area contributed by atoms with Crippen molar-refractivity contribution in [1.29, 1.82) is 0 Å². The summed E-state index contributed by atoms with van der Waals surface area (Å²) in [6, 6.07) is 13.6. The van der Waals surface area contributed by atoms with Gasteiger partial charge in [0.1, 0.15) is 18.1 Å². The maximum absolute atomic E-state index is 5.98. The van der Waals surface area contributed by atoms with Crippen molar-refractivity contribution in [2.45, 2.75) is 20.0 Å². The van der Waals surface area contributed by atoms with Crippen LogP contribution in [0, 0.1) is 0 Å². The first-order valence-electron chi connectivity index (χ1n) is 6.27. The van der Waals surface area contributed by atoms with Crippen LogP contribution in [0.1, 0.15) is 18.1 Å². The molecule has 0 aliphatic rings. The number of hydrogen-bond donors (Lipinski definition) is 0. The van der Waals surface area contributed by atoms with E-state index in [2.05, 4.69) is 6.92 Å². The molecule has 0 radical (unpaired) electrons. The molecule has 0 heterocycles. The van der Waals surface area contributed by atoms with Crippen LogP contribution in [0.4, 0.5) is 0 Å². The number of benzene rings is 2. The molecule has 2 rings (SSSR count). The number of halogens is 1. The molecule has 0 unspecified atom stereocenters. The van der Waals surface area contributed by atoms with Crippen molar-refractivity contribution in [1.82, 2.24) is 0 Å². The van der Waals surface area contributed by atoms with Gasteiger partial charge in [-0.1, -0.05) is 30.7 Å². The second-order valence-corrected chi connectivity index (χ2v) is 4.68. The Morgan fingerprint density at radius 2 is 1.79 bits per heavy atom. The summed E-state index contributed by atoms with van der Waals surface area (Å²) in [5.74, 6) is 1.74. The van der Waals surface area contributed by atoms with Gasteiger partial charge in [0.05, 0.1) is 7.11 Å². The van der Waals surface area contributed by atoms with Gasteiger partial charge < -0.3 is 9.47 Å². The van der Waals surface area contributed by atoms with Gasteiger partial charge in [0, 0.05) is 5.02 Å². The normalized spacial score (nSPS) is 10.3. The number of ether oxygens (including phenoxy) is 2. The van der Waals surface area contributed by atoms with Gasteiger partial charge in [-0.05, 0) is 47.9 Å². The molecule has 2 nitrogen and oxygen atoms in total. The van der Waals surface area contributed by atoms with E-state index in [0.717, 1.165) is 34.1 Å². The number of hydrogen-bond acceptors (Lipinski definition) is 2. The Balaban J connectivity index is 2.05. The standard InChI is InChI=1S/C16H17ClO2/c1-3-13-10-14(17)6-9-16(13)19-11-12-4-7-15(18-2)8-5-12/h4-10H,3,11H2,1-2H3. The van der Waals surface area contributed by atoms with Crippen LogP contribution in [0.25, 0.3) is 0 Å². The number of rotatable bonds is 5. The molecule has 0 saturated heterocycles. The highest BCUT2D eigenvalue weighted by Gasteiger charge is 2.03. The first-order chi connectivity index (χ1) is 9.22. The molecule has 0 bridgehead atoms. The van der Waals surface area contributed by atoms with E-state index in [-0.39, 0.29) is 0 Å². The van der Waals surface area contributed by atoms with E-state index in [4.69, 9.17) is 21.1 Å². The van der Waals surface area contributed by atoms with Crippen molar-refractivity contribution >= 4 is 11.6 Å². The Bertz CT molecular complexity index is 535. The molecule has 0 aliphatic heterocycles. The first-order valence-corrected chi connectivity index (χ1v) is 6.65. The smallest absolute Gasteiger partial charge is 0.123 e. The van der Waals surface area contributed by atoms with Crippen LogP contribution in [0.3, 0.4) is 0 Å². The van der Waals surface area contributed by atoms with Crippen LogP contribution in [0.2, 0.25) is 5.02 Å². The summed E-state index contributed by atoms with van der Waals surface area (Å²) in [7, 11) is 1.66. The van der Waals surface area contributed by atoms with Gasteiger partial charge in [-0.15, -0.1) is 0 Å². The van der Waals surface area contributed by atoms with Crippen LogP contribution in [-0.4, -0.2) is 7.11 Å². The van der Waals surface area contributed by atoms with Gasteiger partial charge in [-0.2, -0.15) is 0 Å². The summed E-state index contributed by atoms with van der Waals surface area (Å²) in [6.45, 7) is 2.63. The van der Waals surface area contributed by atoms with E-state index >= 15 is 0 Å². The van der Waals surface area contributed by atoms with E-state index in [1.165, 1.54) is 0 Å². The van der Waals surface area contributed by atoms with Crippen molar-refractivity contribution in [3.63, 3.8) is 0 Å². The molecule has 3 heteroatoms. The Hall–Kier alpha value is -1.67. The molecule has 0 aliphatic carbocycles. The van der Waals surface area contributed by atoms with Crippen LogP contribution in [0.5, 0.6) is 11.5 Å². The maximum Gasteiger partial charge on any atom is 0.123 e. The fourth-order valence-corrected chi connectivity index (χ4v) is 2.04. The van der Waals surface area contributed by atoms with E-state index < -0.39 is 0 Å². The summed E-state index contributed by atoms with van der Waals surface area (Å²) in [4.78, 5) is 0. The van der Waals surface area contributed by atoms with Crippen molar-refractivity contribution in [2.24, 2.45) is 0 Å². The van der Waals surface area contributed by atoms with Crippen LogP contribution in [-0.2, 0) is 13.0 Å². The average molecular weight is 277 g/mol. The monoisotopic (exact) mass is 276 g/mol. The molecule has 0 N–H and O–H groups in total. The SMILES string of the molecule is CCc1cc(Cl)ccc1OCc1ccc(OC)cc1. The van der Waals surface area contributed by atoms with Gasteiger partial charge in [0.15, 0.2) is 0 Å². The van der Waals surface area contributed by atoms with Gasteiger partial charge in [0.25, 0.3) is 0 Å². The van der Waals surface area contributed by atoms with Gasteiger partial charge in [-0.25, -0.2) is 0 Å². The maximum atomic E-state index is 5.98. The fraction of sp³-hybridized carbons (Fsp3) is 0.250. The highest BCUT2D eigenvalue weighted by atomic mass is 35.5. The Labute approximate surface area is 118 Å². The van der Waals surface area contributed by atoms with E-state index in [9.17, 15) is 0 Å². The highest BCUT2D eigenvalue weighted by Crippen LogP contribution is 2.24. The molecule has 0 fully saturated rings. The van der Waals surface area contributed by atoms with E-state index in [1.54, 1.807) is 7.11 Å². The third kappa shape index (κ3) is 3.65. The Morgan fingerprint density at radius 1 is 1.05 bits per heavy atom. The lowest BCUT2D eigenvalue weighted by Crippen LogP contribution is -1.98. The zero-order valence-corrected chi connectivity index (χ0v) is 11.9. The second kappa shape index (κ2) is 6.48. The van der Waals surface area contributed by atoms with Crippen LogP contribution < -0.4 is 9.47 Å². The third-order valence-corrected chi connectivity index (χ3v) is 3.19. The Morgan fingerprint density at radius 3 is 2.42 bits per heavy atom. The predicted molar refractivity (Wildman–Crippen MR) is 78.2 cm³/mol. The molecular formula is C16H17ClO2.